The van der Waals surface area contributed by atoms with Crippen molar-refractivity contribution < 1.29 is 9.90 Å². The number of hydrogen-bond acceptors (Lipinski definition) is 2. The van der Waals surface area contributed by atoms with Gasteiger partial charge < -0.3 is 5.11 Å². The van der Waals surface area contributed by atoms with Crippen LogP contribution in [0.2, 0.25) is 0 Å². The molecule has 0 bridgehead atoms. The summed E-state index contributed by atoms with van der Waals surface area (Å²) in [6.07, 6.45) is 17.3. The van der Waals surface area contributed by atoms with Gasteiger partial charge in [0.25, 0.3) is 0 Å². The SMILES string of the molecule is CCCCCCCCCCCCCCCC(=O)O.[N-]=[N+]=N. The fourth-order valence-electron chi connectivity index (χ4n) is 2.29. The summed E-state index contributed by atoms with van der Waals surface area (Å²) in [5, 5.41) is 8.49. The molecule has 0 aromatic carbocycles. The molecule has 0 saturated carbocycles. The summed E-state index contributed by atoms with van der Waals surface area (Å²) in [6.45, 7) is 2.26. The summed E-state index contributed by atoms with van der Waals surface area (Å²) in [6, 6.07) is 0. The maximum atomic E-state index is 10.3. The Hall–Kier alpha value is -1.22. The van der Waals surface area contributed by atoms with Crippen molar-refractivity contribution in [1.29, 1.82) is 5.53 Å². The van der Waals surface area contributed by atoms with Gasteiger partial charge in [0, 0.05) is 6.42 Å². The minimum atomic E-state index is -0.655. The largest absolute Gasteiger partial charge is 0.481 e. The Labute approximate surface area is 129 Å². The molecule has 0 rings (SSSR count). The van der Waals surface area contributed by atoms with Crippen molar-refractivity contribution in [3.63, 3.8) is 0 Å². The first-order chi connectivity index (χ1) is 10.2. The molecule has 0 aromatic rings. The predicted molar refractivity (Wildman–Crippen MR) is 87.4 cm³/mol. The van der Waals surface area contributed by atoms with E-state index in [0.717, 1.165) is 12.8 Å². The minimum Gasteiger partial charge on any atom is -0.481 e. The average Bonchev–Trinajstić information content (AvgIpc) is 2.44. The fraction of sp³-hybridized carbons (Fsp3) is 0.938. The normalized spacial score (nSPS) is 9.57. The molecule has 2 N–H and O–H groups in total. The Balaban J connectivity index is 0. The van der Waals surface area contributed by atoms with Crippen LogP contribution in [0.5, 0.6) is 0 Å². The lowest BCUT2D eigenvalue weighted by atomic mass is 10.0. The Morgan fingerprint density at radius 1 is 0.857 bits per heavy atom. The highest BCUT2D eigenvalue weighted by Crippen LogP contribution is 2.12. The van der Waals surface area contributed by atoms with Crippen molar-refractivity contribution in [2.45, 2.75) is 96.8 Å². The van der Waals surface area contributed by atoms with E-state index in [4.69, 9.17) is 16.2 Å². The molecule has 0 aliphatic heterocycles. The van der Waals surface area contributed by atoms with Gasteiger partial charge in [0.15, 0.2) is 0 Å². The van der Waals surface area contributed by atoms with Crippen molar-refractivity contribution in [3.8, 4) is 0 Å². The van der Waals surface area contributed by atoms with Gasteiger partial charge in [0.1, 0.15) is 0 Å². The first-order valence-electron chi connectivity index (χ1n) is 8.41. The van der Waals surface area contributed by atoms with Gasteiger partial charge in [0.2, 0.25) is 0 Å². The summed E-state index contributed by atoms with van der Waals surface area (Å²) in [7, 11) is 0. The van der Waals surface area contributed by atoms with Gasteiger partial charge in [-0.3, -0.25) is 4.79 Å². The van der Waals surface area contributed by atoms with Crippen molar-refractivity contribution in [2.24, 2.45) is 0 Å². The number of rotatable bonds is 14. The van der Waals surface area contributed by atoms with Crippen LogP contribution in [-0.2, 0) is 4.79 Å². The maximum absolute atomic E-state index is 10.3. The summed E-state index contributed by atoms with van der Waals surface area (Å²) >= 11 is 0. The molecule has 0 amide bonds. The number of hydrogen-bond donors (Lipinski definition) is 2. The highest BCUT2D eigenvalue weighted by Gasteiger charge is 1.96. The molecule has 0 unspecified atom stereocenters. The summed E-state index contributed by atoms with van der Waals surface area (Å²) < 4.78 is 0. The predicted octanol–water partition coefficient (Wildman–Crippen LogP) is 6.43. The van der Waals surface area contributed by atoms with Crippen LogP contribution in [0.25, 0.3) is 10.4 Å². The molecule has 0 aliphatic carbocycles. The summed E-state index contributed by atoms with van der Waals surface area (Å²) in [5.74, 6) is -0.655. The van der Waals surface area contributed by atoms with E-state index < -0.39 is 5.97 Å². The molecule has 5 nitrogen and oxygen atoms in total. The Bertz CT molecular complexity index is 252. The number of carbonyl (C=O) groups is 1. The highest BCUT2D eigenvalue weighted by molar-refractivity contribution is 5.66. The molecule has 0 aromatic heterocycles. The van der Waals surface area contributed by atoms with Crippen LogP contribution in [0.3, 0.4) is 0 Å². The molecule has 21 heavy (non-hydrogen) atoms. The second kappa shape index (κ2) is 21.1. The van der Waals surface area contributed by atoms with E-state index >= 15 is 0 Å². The Morgan fingerprint density at radius 3 is 1.43 bits per heavy atom. The molecule has 0 heterocycles. The first kappa shape index (κ1) is 22.1. The second-order valence-electron chi connectivity index (χ2n) is 5.49. The van der Waals surface area contributed by atoms with Crippen LogP contribution in [0.4, 0.5) is 0 Å². The lowest BCUT2D eigenvalue weighted by Crippen LogP contribution is -1.93. The van der Waals surface area contributed by atoms with E-state index in [-0.39, 0.29) is 0 Å². The molecule has 0 spiro atoms. The van der Waals surface area contributed by atoms with Gasteiger partial charge in [0.05, 0.1) is 0 Å². The zero-order valence-electron chi connectivity index (χ0n) is 13.6. The van der Waals surface area contributed by atoms with Gasteiger partial charge in [-0.25, -0.2) is 0 Å². The van der Waals surface area contributed by atoms with E-state index in [9.17, 15) is 4.79 Å². The van der Waals surface area contributed by atoms with Crippen molar-refractivity contribution >= 4 is 5.97 Å². The van der Waals surface area contributed by atoms with E-state index in [0.29, 0.717) is 6.42 Å². The summed E-state index contributed by atoms with van der Waals surface area (Å²) in [4.78, 5) is 12.1. The van der Waals surface area contributed by atoms with Gasteiger partial charge >= 0.3 is 5.97 Å². The quantitative estimate of drug-likeness (QED) is 0.167. The molecular formula is C16H33N3O2. The Morgan fingerprint density at radius 2 is 1.14 bits per heavy atom. The van der Waals surface area contributed by atoms with Crippen LogP contribution in [0.15, 0.2) is 0 Å². The first-order valence-corrected chi connectivity index (χ1v) is 8.41. The average molecular weight is 299 g/mol. The zero-order valence-corrected chi connectivity index (χ0v) is 13.6. The van der Waals surface area contributed by atoms with Crippen molar-refractivity contribution in [3.05, 3.63) is 10.4 Å². The van der Waals surface area contributed by atoms with Crippen LogP contribution >= 0.6 is 0 Å². The van der Waals surface area contributed by atoms with E-state index in [1.54, 1.807) is 4.91 Å². The zero-order chi connectivity index (χ0) is 16.2. The number of carboxylic acid groups (broad SMARTS) is 1. The lowest BCUT2D eigenvalue weighted by Gasteiger charge is -2.02. The molecular weight excluding hydrogens is 266 g/mol. The number of nitrogens with zero attached hydrogens (tertiary/aromatic N) is 2. The van der Waals surface area contributed by atoms with Crippen molar-refractivity contribution in [1.82, 2.24) is 0 Å². The highest BCUT2D eigenvalue weighted by atomic mass is 16.4. The molecule has 0 radical (unpaired) electrons. The smallest absolute Gasteiger partial charge is 0.303 e. The van der Waals surface area contributed by atoms with E-state index in [1.807, 2.05) is 0 Å². The van der Waals surface area contributed by atoms with Crippen LogP contribution in [0.1, 0.15) is 96.8 Å². The lowest BCUT2D eigenvalue weighted by molar-refractivity contribution is -0.137. The molecule has 0 aliphatic rings. The number of unbranched alkanes of at least 4 members (excludes halogenated alkanes) is 12. The van der Waals surface area contributed by atoms with Gasteiger partial charge in [-0.1, -0.05) is 84.0 Å². The van der Waals surface area contributed by atoms with Crippen LogP contribution in [-0.4, -0.2) is 11.1 Å². The number of aliphatic carboxylic acids is 1. The van der Waals surface area contributed by atoms with E-state index in [2.05, 4.69) is 6.92 Å². The number of nitrogens with one attached hydrogen (secondary N) is 1. The monoisotopic (exact) mass is 299 g/mol. The van der Waals surface area contributed by atoms with Crippen molar-refractivity contribution in [2.75, 3.05) is 0 Å². The third kappa shape index (κ3) is 27.8. The third-order valence-electron chi connectivity index (χ3n) is 3.49. The molecule has 0 saturated heterocycles. The van der Waals surface area contributed by atoms with Crippen LogP contribution in [0, 0.1) is 5.53 Å². The topological polar surface area (TPSA) is 97.5 Å². The second-order valence-corrected chi connectivity index (χ2v) is 5.49. The Kier molecular flexibility index (Phi) is 22.2. The molecule has 124 valence electrons. The maximum Gasteiger partial charge on any atom is 0.303 e. The molecule has 0 fully saturated rings. The standard InChI is InChI=1S/C16H32O2.HN3/c1-2-3-4-5-6-7-8-9-10-11-12-13-14-15-16(17)18;1-3-2/h2-15H2,1H3,(H,17,18);1H. The van der Waals surface area contributed by atoms with E-state index in [1.165, 1.54) is 70.6 Å². The molecule has 5 heteroatoms. The minimum absolute atomic E-state index is 0.345. The third-order valence-corrected chi connectivity index (χ3v) is 3.49. The van der Waals surface area contributed by atoms with Gasteiger partial charge in [-0.2, -0.15) is 0 Å². The van der Waals surface area contributed by atoms with Gasteiger partial charge in [-0.15, -0.1) is 5.53 Å². The van der Waals surface area contributed by atoms with Crippen LogP contribution < -0.4 is 0 Å². The fourth-order valence-corrected chi connectivity index (χ4v) is 2.29. The molecule has 0 atom stereocenters. The number of carboxylic acids is 1. The van der Waals surface area contributed by atoms with Gasteiger partial charge in [-0.05, 0) is 16.9 Å². The summed E-state index contributed by atoms with van der Waals surface area (Å²) in [5.41, 5.74) is 12.2.